The van der Waals surface area contributed by atoms with Crippen molar-refractivity contribution in [3.63, 3.8) is 0 Å². The van der Waals surface area contributed by atoms with E-state index in [-0.39, 0.29) is 17.2 Å². The molecule has 2 aliphatic carbocycles. The number of allylic oxidation sites excluding steroid dienone is 1. The van der Waals surface area contributed by atoms with E-state index < -0.39 is 11.6 Å². The van der Waals surface area contributed by atoms with E-state index in [9.17, 15) is 14.7 Å². The van der Waals surface area contributed by atoms with Crippen LogP contribution in [0.3, 0.4) is 0 Å². The molecule has 4 nitrogen and oxygen atoms in total. The molecule has 0 spiro atoms. The van der Waals surface area contributed by atoms with Gasteiger partial charge < -0.3 is 9.84 Å². The summed E-state index contributed by atoms with van der Waals surface area (Å²) in [7, 11) is 1.53. The molecule has 3 rings (SSSR count). The molecule has 0 unspecified atom stereocenters. The number of rotatable bonds is 2. The summed E-state index contributed by atoms with van der Waals surface area (Å²) in [4.78, 5) is 24.8. The van der Waals surface area contributed by atoms with E-state index in [2.05, 4.69) is 0 Å². The zero-order chi connectivity index (χ0) is 15.7. The fourth-order valence-electron chi connectivity index (χ4n) is 3.49. The summed E-state index contributed by atoms with van der Waals surface area (Å²) in [5.41, 5.74) is 0.997. The summed E-state index contributed by atoms with van der Waals surface area (Å²) in [6.45, 7) is 0. The average Bonchev–Trinajstić information content (AvgIpc) is 2.81. The molecule has 0 radical (unpaired) electrons. The lowest BCUT2D eigenvalue weighted by atomic mass is 9.79. The molecule has 1 saturated carbocycles. The van der Waals surface area contributed by atoms with Crippen molar-refractivity contribution in [1.82, 2.24) is 0 Å². The number of hydrogen-bond acceptors (Lipinski definition) is 4. The summed E-state index contributed by atoms with van der Waals surface area (Å²) in [5.74, 6) is -0.548. The monoisotopic (exact) mass is 300 g/mol. The summed E-state index contributed by atoms with van der Waals surface area (Å²) in [5, 5.41) is 10.6. The summed E-state index contributed by atoms with van der Waals surface area (Å²) in [6, 6.07) is 4.81. The van der Waals surface area contributed by atoms with E-state index in [4.69, 9.17) is 4.74 Å². The topological polar surface area (TPSA) is 63.6 Å². The highest BCUT2D eigenvalue weighted by Crippen LogP contribution is 2.38. The molecular formula is C18H20O4. The smallest absolute Gasteiger partial charge is 0.234 e. The van der Waals surface area contributed by atoms with Crippen molar-refractivity contribution in [1.29, 1.82) is 0 Å². The minimum absolute atomic E-state index is 0.0155. The predicted octanol–water partition coefficient (Wildman–Crippen LogP) is 3.70. The van der Waals surface area contributed by atoms with E-state index in [1.807, 2.05) is 0 Å². The number of aliphatic hydroxyl groups excluding tert-OH is 1. The predicted molar refractivity (Wildman–Crippen MR) is 83.1 cm³/mol. The van der Waals surface area contributed by atoms with Gasteiger partial charge in [0.05, 0.1) is 7.11 Å². The van der Waals surface area contributed by atoms with Gasteiger partial charge in [0.25, 0.3) is 0 Å². The van der Waals surface area contributed by atoms with Crippen LogP contribution in [0.15, 0.2) is 23.8 Å². The fourth-order valence-corrected chi connectivity index (χ4v) is 3.49. The minimum Gasteiger partial charge on any atom is -0.507 e. The Balaban J connectivity index is 2.10. The van der Waals surface area contributed by atoms with Crippen molar-refractivity contribution in [2.45, 2.75) is 38.5 Å². The fraction of sp³-hybridized carbons (Fsp3) is 0.444. The molecular weight excluding hydrogens is 280 g/mol. The maximum absolute atomic E-state index is 12.5. The van der Waals surface area contributed by atoms with Gasteiger partial charge in [0.2, 0.25) is 11.6 Å². The zero-order valence-electron chi connectivity index (χ0n) is 12.7. The van der Waals surface area contributed by atoms with Crippen LogP contribution in [-0.2, 0) is 4.79 Å². The Bertz CT molecular complexity index is 649. The normalized spacial score (nSPS) is 19.9. The van der Waals surface area contributed by atoms with Gasteiger partial charge in [-0.3, -0.25) is 9.59 Å². The minimum atomic E-state index is -0.540. The van der Waals surface area contributed by atoms with Crippen molar-refractivity contribution in [3.05, 3.63) is 34.9 Å². The Morgan fingerprint density at radius 3 is 2.32 bits per heavy atom. The molecule has 4 heteroatoms. The van der Waals surface area contributed by atoms with Crippen LogP contribution in [0.5, 0.6) is 5.75 Å². The molecule has 116 valence electrons. The standard InChI is InChI=1S/C18H20O4/c1-22-12-8-9-13-14(10-12)16(19)15(18(21)17(13)20)11-6-4-2-3-5-7-11/h8-11,19H,2-7H2,1H3. The first kappa shape index (κ1) is 14.8. The third-order valence-electron chi connectivity index (χ3n) is 4.70. The molecule has 0 bridgehead atoms. The first-order valence-corrected chi connectivity index (χ1v) is 7.84. The zero-order valence-corrected chi connectivity index (χ0v) is 12.7. The second kappa shape index (κ2) is 5.95. The molecule has 1 aromatic rings. The van der Waals surface area contributed by atoms with Crippen molar-refractivity contribution >= 4 is 17.3 Å². The Morgan fingerprint density at radius 2 is 1.68 bits per heavy atom. The van der Waals surface area contributed by atoms with Crippen LogP contribution in [0.25, 0.3) is 5.76 Å². The van der Waals surface area contributed by atoms with E-state index in [0.717, 1.165) is 38.5 Å². The van der Waals surface area contributed by atoms with Crippen LogP contribution >= 0.6 is 0 Å². The van der Waals surface area contributed by atoms with E-state index in [0.29, 0.717) is 16.9 Å². The molecule has 0 aliphatic heterocycles. The molecule has 22 heavy (non-hydrogen) atoms. The first-order chi connectivity index (χ1) is 10.6. The summed E-state index contributed by atoms with van der Waals surface area (Å²) < 4.78 is 5.16. The number of carbonyl (C=O) groups is 2. The number of methoxy groups -OCH3 is 1. The van der Waals surface area contributed by atoms with Crippen LogP contribution in [0.1, 0.15) is 54.4 Å². The van der Waals surface area contributed by atoms with Crippen LogP contribution in [0.2, 0.25) is 0 Å². The van der Waals surface area contributed by atoms with Gasteiger partial charge in [-0.15, -0.1) is 0 Å². The van der Waals surface area contributed by atoms with Crippen LogP contribution in [-0.4, -0.2) is 23.8 Å². The lowest BCUT2D eigenvalue weighted by Crippen LogP contribution is -2.28. The highest BCUT2D eigenvalue weighted by Gasteiger charge is 2.37. The summed E-state index contributed by atoms with van der Waals surface area (Å²) >= 11 is 0. The molecule has 0 atom stereocenters. The van der Waals surface area contributed by atoms with Crippen molar-refractivity contribution in [2.75, 3.05) is 7.11 Å². The van der Waals surface area contributed by atoms with E-state index in [1.165, 1.54) is 7.11 Å². The molecule has 0 heterocycles. The van der Waals surface area contributed by atoms with E-state index >= 15 is 0 Å². The van der Waals surface area contributed by atoms with Gasteiger partial charge in [0.15, 0.2) is 0 Å². The largest absolute Gasteiger partial charge is 0.507 e. The number of ether oxygens (including phenoxy) is 1. The van der Waals surface area contributed by atoms with E-state index in [1.54, 1.807) is 18.2 Å². The van der Waals surface area contributed by atoms with Gasteiger partial charge >= 0.3 is 0 Å². The third-order valence-corrected chi connectivity index (χ3v) is 4.70. The highest BCUT2D eigenvalue weighted by molar-refractivity contribution is 6.52. The second-order valence-corrected chi connectivity index (χ2v) is 6.02. The lowest BCUT2D eigenvalue weighted by Gasteiger charge is -2.24. The maximum Gasteiger partial charge on any atom is 0.234 e. The van der Waals surface area contributed by atoms with Crippen LogP contribution in [0.4, 0.5) is 0 Å². The number of ketones is 2. The first-order valence-electron chi connectivity index (χ1n) is 7.84. The van der Waals surface area contributed by atoms with Crippen LogP contribution < -0.4 is 4.74 Å². The number of benzene rings is 1. The van der Waals surface area contributed by atoms with Gasteiger partial charge in [-0.1, -0.05) is 25.7 Å². The molecule has 1 N–H and O–H groups in total. The number of aliphatic hydroxyl groups is 1. The van der Waals surface area contributed by atoms with Crippen molar-refractivity contribution < 1.29 is 19.4 Å². The molecule has 1 aromatic carbocycles. The highest BCUT2D eigenvalue weighted by atomic mass is 16.5. The van der Waals surface area contributed by atoms with Gasteiger partial charge in [-0.05, 0) is 37.0 Å². The third kappa shape index (κ3) is 2.43. The SMILES string of the molecule is COc1ccc2c(c1)C(O)=C(C1CCCCCC1)C(=O)C2=O. The number of hydrogen-bond donors (Lipinski definition) is 1. The second-order valence-electron chi connectivity index (χ2n) is 6.02. The Morgan fingerprint density at radius 1 is 1.00 bits per heavy atom. The molecule has 2 aliphatic rings. The molecule has 0 aromatic heterocycles. The Labute approximate surface area is 129 Å². The van der Waals surface area contributed by atoms with Crippen molar-refractivity contribution in [2.24, 2.45) is 5.92 Å². The Hall–Kier alpha value is -2.10. The Kier molecular flexibility index (Phi) is 4.01. The van der Waals surface area contributed by atoms with Crippen LogP contribution in [0, 0.1) is 5.92 Å². The van der Waals surface area contributed by atoms with Crippen molar-refractivity contribution in [3.8, 4) is 5.75 Å². The number of carbonyl (C=O) groups excluding carboxylic acids is 2. The average molecular weight is 300 g/mol. The molecule has 0 amide bonds. The quantitative estimate of drug-likeness (QED) is 0.668. The molecule has 0 saturated heterocycles. The van der Waals surface area contributed by atoms with Gasteiger partial charge in [0, 0.05) is 16.7 Å². The van der Waals surface area contributed by atoms with Gasteiger partial charge in [-0.2, -0.15) is 0 Å². The van der Waals surface area contributed by atoms with Gasteiger partial charge in [-0.25, -0.2) is 0 Å². The van der Waals surface area contributed by atoms with Gasteiger partial charge in [0.1, 0.15) is 11.5 Å². The lowest BCUT2D eigenvalue weighted by molar-refractivity contribution is -0.112. The number of fused-ring (bicyclic) bond motifs is 1. The maximum atomic E-state index is 12.5. The summed E-state index contributed by atoms with van der Waals surface area (Å²) in [6.07, 6.45) is 6.09. The number of Topliss-reactive ketones (excluding diaryl/α,β-unsaturated/α-hetero) is 2. The molecule has 1 fully saturated rings.